The van der Waals surface area contributed by atoms with E-state index in [2.05, 4.69) is 27.6 Å². The second-order valence-electron chi connectivity index (χ2n) is 6.51. The highest BCUT2D eigenvalue weighted by atomic mass is 19.1. The fraction of sp³-hybridized carbons (Fsp3) is 0.0870. The molecule has 0 aliphatic heterocycles. The van der Waals surface area contributed by atoms with Gasteiger partial charge in [0.15, 0.2) is 0 Å². The van der Waals surface area contributed by atoms with Crippen molar-refractivity contribution < 1.29 is 13.7 Å². The van der Waals surface area contributed by atoms with Crippen LogP contribution in [0.2, 0.25) is 0 Å². The number of carbonyl (C=O) groups excluding carboxylic acids is 1. The van der Waals surface area contributed by atoms with Crippen LogP contribution in [0.25, 0.3) is 11.4 Å². The number of aryl methyl sites for hydroxylation is 2. The van der Waals surface area contributed by atoms with Gasteiger partial charge in [-0.05, 0) is 48.4 Å². The van der Waals surface area contributed by atoms with E-state index in [0.717, 1.165) is 12.0 Å². The quantitative estimate of drug-likeness (QED) is 0.510. The van der Waals surface area contributed by atoms with Gasteiger partial charge in [-0.25, -0.2) is 4.39 Å². The van der Waals surface area contributed by atoms with E-state index >= 15 is 0 Å². The van der Waals surface area contributed by atoms with E-state index in [0.29, 0.717) is 23.8 Å². The topological polar surface area (TPSA) is 68.0 Å². The summed E-state index contributed by atoms with van der Waals surface area (Å²) in [6, 6.07) is 23.0. The van der Waals surface area contributed by atoms with Crippen molar-refractivity contribution in [1.29, 1.82) is 0 Å². The molecule has 0 saturated carbocycles. The van der Waals surface area contributed by atoms with Gasteiger partial charge in [-0.1, -0.05) is 47.6 Å². The SMILES string of the molecule is O=C(Nc1ccc(-c2noc(CCc3ccccc3)n2)cc1)c1ccccc1F. The first-order chi connectivity index (χ1) is 14.2. The maximum absolute atomic E-state index is 13.7. The highest BCUT2D eigenvalue weighted by Gasteiger charge is 2.12. The van der Waals surface area contributed by atoms with Crippen LogP contribution in [-0.2, 0) is 12.8 Å². The maximum Gasteiger partial charge on any atom is 0.258 e. The second-order valence-corrected chi connectivity index (χ2v) is 6.51. The van der Waals surface area contributed by atoms with Crippen molar-refractivity contribution >= 4 is 11.6 Å². The summed E-state index contributed by atoms with van der Waals surface area (Å²) < 4.78 is 19.0. The summed E-state index contributed by atoms with van der Waals surface area (Å²) in [7, 11) is 0. The summed E-state index contributed by atoms with van der Waals surface area (Å²) in [5, 5.41) is 6.70. The number of hydrogen-bond acceptors (Lipinski definition) is 4. The molecule has 29 heavy (non-hydrogen) atoms. The average molecular weight is 387 g/mol. The summed E-state index contributed by atoms with van der Waals surface area (Å²) in [5.74, 6) is -0.00381. The molecule has 6 heteroatoms. The Bertz CT molecular complexity index is 1110. The van der Waals surface area contributed by atoms with Crippen LogP contribution in [0, 0.1) is 5.82 Å². The van der Waals surface area contributed by atoms with Crippen LogP contribution in [0.4, 0.5) is 10.1 Å². The van der Waals surface area contributed by atoms with Gasteiger partial charge in [0.05, 0.1) is 5.56 Å². The molecule has 0 radical (unpaired) electrons. The molecule has 4 rings (SSSR count). The van der Waals surface area contributed by atoms with Gasteiger partial charge in [-0.3, -0.25) is 4.79 Å². The number of carbonyl (C=O) groups is 1. The minimum Gasteiger partial charge on any atom is -0.339 e. The van der Waals surface area contributed by atoms with Crippen LogP contribution < -0.4 is 5.32 Å². The molecule has 1 heterocycles. The zero-order valence-corrected chi connectivity index (χ0v) is 15.5. The largest absolute Gasteiger partial charge is 0.339 e. The van der Waals surface area contributed by atoms with Crippen LogP contribution in [0.3, 0.4) is 0 Å². The van der Waals surface area contributed by atoms with Crippen molar-refractivity contribution in [3.63, 3.8) is 0 Å². The molecule has 0 aliphatic rings. The monoisotopic (exact) mass is 387 g/mol. The molecule has 0 spiro atoms. The Kier molecular flexibility index (Phi) is 5.42. The molecular formula is C23H18FN3O2. The summed E-state index contributed by atoms with van der Waals surface area (Å²) in [5.41, 5.74) is 2.53. The predicted octanol–water partition coefficient (Wildman–Crippen LogP) is 4.91. The molecule has 0 atom stereocenters. The minimum absolute atomic E-state index is 0.00203. The van der Waals surface area contributed by atoms with E-state index in [1.807, 2.05) is 18.2 Å². The third kappa shape index (κ3) is 4.55. The average Bonchev–Trinajstić information content (AvgIpc) is 3.23. The van der Waals surface area contributed by atoms with Gasteiger partial charge in [0.1, 0.15) is 5.82 Å². The molecule has 4 aromatic rings. The Hall–Kier alpha value is -3.80. The number of hydrogen-bond donors (Lipinski definition) is 1. The number of nitrogens with one attached hydrogen (secondary N) is 1. The molecule has 3 aromatic carbocycles. The van der Waals surface area contributed by atoms with Gasteiger partial charge < -0.3 is 9.84 Å². The van der Waals surface area contributed by atoms with Crippen molar-refractivity contribution in [3.8, 4) is 11.4 Å². The zero-order chi connectivity index (χ0) is 20.1. The molecule has 0 fully saturated rings. The Labute approximate surface area is 167 Å². The lowest BCUT2D eigenvalue weighted by Crippen LogP contribution is -2.13. The number of benzene rings is 3. The smallest absolute Gasteiger partial charge is 0.258 e. The Morgan fingerprint density at radius 2 is 1.62 bits per heavy atom. The molecule has 0 unspecified atom stereocenters. The first kappa shape index (κ1) is 18.6. The molecule has 5 nitrogen and oxygen atoms in total. The van der Waals surface area contributed by atoms with E-state index < -0.39 is 11.7 Å². The maximum atomic E-state index is 13.7. The van der Waals surface area contributed by atoms with Gasteiger partial charge in [0, 0.05) is 17.7 Å². The molecule has 1 N–H and O–H groups in total. The molecule has 144 valence electrons. The fourth-order valence-electron chi connectivity index (χ4n) is 2.92. The number of halogens is 1. The minimum atomic E-state index is -0.559. The lowest BCUT2D eigenvalue weighted by atomic mass is 10.1. The number of nitrogens with zero attached hydrogens (tertiary/aromatic N) is 2. The van der Waals surface area contributed by atoms with Gasteiger partial charge in [-0.15, -0.1) is 0 Å². The van der Waals surface area contributed by atoms with Gasteiger partial charge in [0.2, 0.25) is 11.7 Å². The molecule has 0 bridgehead atoms. The normalized spacial score (nSPS) is 10.7. The number of rotatable bonds is 6. The fourth-order valence-corrected chi connectivity index (χ4v) is 2.92. The van der Waals surface area contributed by atoms with Gasteiger partial charge in [0.25, 0.3) is 5.91 Å². The van der Waals surface area contributed by atoms with E-state index in [9.17, 15) is 9.18 Å². The van der Waals surface area contributed by atoms with Crippen LogP contribution in [0.15, 0.2) is 83.4 Å². The van der Waals surface area contributed by atoms with E-state index in [-0.39, 0.29) is 5.56 Å². The van der Waals surface area contributed by atoms with Crippen molar-refractivity contribution in [2.24, 2.45) is 0 Å². The van der Waals surface area contributed by atoms with E-state index in [1.54, 1.807) is 36.4 Å². The summed E-state index contributed by atoms with van der Waals surface area (Å²) in [6.45, 7) is 0. The lowest BCUT2D eigenvalue weighted by Gasteiger charge is -2.06. The lowest BCUT2D eigenvalue weighted by molar-refractivity contribution is 0.102. The molecular weight excluding hydrogens is 369 g/mol. The van der Waals surface area contributed by atoms with Crippen molar-refractivity contribution in [3.05, 3.63) is 102 Å². The van der Waals surface area contributed by atoms with Crippen LogP contribution >= 0.6 is 0 Å². The molecule has 0 saturated heterocycles. The molecule has 1 aromatic heterocycles. The first-order valence-electron chi connectivity index (χ1n) is 9.22. The van der Waals surface area contributed by atoms with Gasteiger partial charge >= 0.3 is 0 Å². The predicted molar refractivity (Wildman–Crippen MR) is 108 cm³/mol. The molecule has 0 aliphatic carbocycles. The third-order valence-electron chi connectivity index (χ3n) is 4.46. The first-order valence-corrected chi connectivity index (χ1v) is 9.22. The zero-order valence-electron chi connectivity index (χ0n) is 15.5. The van der Waals surface area contributed by atoms with Crippen molar-refractivity contribution in [1.82, 2.24) is 10.1 Å². The number of aromatic nitrogens is 2. The summed E-state index contributed by atoms with van der Waals surface area (Å²) >= 11 is 0. The van der Waals surface area contributed by atoms with Gasteiger partial charge in [-0.2, -0.15) is 4.98 Å². The van der Waals surface area contributed by atoms with Crippen molar-refractivity contribution in [2.75, 3.05) is 5.32 Å². The highest BCUT2D eigenvalue weighted by Crippen LogP contribution is 2.20. The Morgan fingerprint density at radius 3 is 2.38 bits per heavy atom. The standard InChI is InChI=1S/C23H18FN3O2/c24-20-9-5-4-8-19(20)23(28)25-18-13-11-17(12-14-18)22-26-21(29-27-22)15-10-16-6-2-1-3-7-16/h1-9,11-14H,10,15H2,(H,25,28). The van der Waals surface area contributed by atoms with Crippen molar-refractivity contribution in [2.45, 2.75) is 12.8 Å². The molecule has 1 amide bonds. The van der Waals surface area contributed by atoms with E-state index in [1.165, 1.54) is 17.7 Å². The van der Waals surface area contributed by atoms with Crippen LogP contribution in [0.1, 0.15) is 21.8 Å². The van der Waals surface area contributed by atoms with Crippen LogP contribution in [0.5, 0.6) is 0 Å². The summed E-state index contributed by atoms with van der Waals surface area (Å²) in [4.78, 5) is 16.6. The number of anilines is 1. The Balaban J connectivity index is 1.40. The Morgan fingerprint density at radius 1 is 0.897 bits per heavy atom. The second kappa shape index (κ2) is 8.48. The number of amides is 1. The summed E-state index contributed by atoms with van der Waals surface area (Å²) in [6.07, 6.45) is 1.48. The highest BCUT2D eigenvalue weighted by molar-refractivity contribution is 6.04. The van der Waals surface area contributed by atoms with E-state index in [4.69, 9.17) is 4.52 Å². The third-order valence-corrected chi connectivity index (χ3v) is 4.46. The van der Waals surface area contributed by atoms with Crippen LogP contribution in [-0.4, -0.2) is 16.0 Å².